The van der Waals surface area contributed by atoms with Gasteiger partial charge in [0.05, 0.1) is 10.5 Å². The first-order valence-corrected chi connectivity index (χ1v) is 11.6. The minimum absolute atomic E-state index is 0.125. The van der Waals surface area contributed by atoms with Gasteiger partial charge in [-0.3, -0.25) is 14.5 Å². The van der Waals surface area contributed by atoms with Crippen LogP contribution in [0.2, 0.25) is 0 Å². The van der Waals surface area contributed by atoms with Crippen LogP contribution in [0, 0.1) is 5.92 Å². The molecule has 1 aromatic heterocycles. The second kappa shape index (κ2) is 11.7. The molecule has 174 valence electrons. The van der Waals surface area contributed by atoms with Crippen molar-refractivity contribution in [3.63, 3.8) is 0 Å². The van der Waals surface area contributed by atoms with E-state index in [-0.39, 0.29) is 11.4 Å². The molecular formula is C23H35N7OS. The van der Waals surface area contributed by atoms with Crippen molar-refractivity contribution in [2.24, 2.45) is 27.4 Å². The summed E-state index contributed by atoms with van der Waals surface area (Å²) in [6, 6.07) is 3.49. The lowest BCUT2D eigenvalue weighted by molar-refractivity contribution is 0.0984. The molecule has 1 unspecified atom stereocenters. The van der Waals surface area contributed by atoms with E-state index in [1.54, 1.807) is 37.6 Å². The van der Waals surface area contributed by atoms with Gasteiger partial charge in [-0.1, -0.05) is 13.8 Å². The summed E-state index contributed by atoms with van der Waals surface area (Å²) < 4.78 is 2.86. The molecule has 1 aliphatic heterocycles. The van der Waals surface area contributed by atoms with E-state index < -0.39 is 0 Å². The molecule has 0 saturated carbocycles. The quantitative estimate of drug-likeness (QED) is 0.381. The molecule has 1 aromatic rings. The van der Waals surface area contributed by atoms with Gasteiger partial charge in [0.1, 0.15) is 5.82 Å². The number of hydrogen-bond donors (Lipinski definition) is 3. The largest absolute Gasteiger partial charge is 0.404 e. The van der Waals surface area contributed by atoms with Gasteiger partial charge in [-0.25, -0.2) is 9.98 Å². The third-order valence-corrected chi connectivity index (χ3v) is 5.74. The first-order chi connectivity index (χ1) is 15.2. The zero-order chi connectivity index (χ0) is 23.7. The topological polar surface area (TPSA) is 122 Å². The van der Waals surface area contributed by atoms with Crippen LogP contribution in [0.15, 0.2) is 45.0 Å². The molecule has 2 rings (SSSR count). The third kappa shape index (κ3) is 7.12. The number of amides is 1. The number of nitrogens with zero attached hydrogens (tertiary/aromatic N) is 4. The van der Waals surface area contributed by atoms with Crippen LogP contribution in [-0.2, 0) is 0 Å². The predicted molar refractivity (Wildman–Crippen MR) is 137 cm³/mol. The maximum atomic E-state index is 13.1. The number of anilines is 1. The average molecular weight is 458 g/mol. The van der Waals surface area contributed by atoms with Gasteiger partial charge in [-0.2, -0.15) is 0 Å². The van der Waals surface area contributed by atoms with Gasteiger partial charge < -0.3 is 16.4 Å². The predicted octanol–water partition coefficient (Wildman–Crippen LogP) is 3.93. The van der Waals surface area contributed by atoms with Crippen LogP contribution < -0.4 is 21.1 Å². The van der Waals surface area contributed by atoms with E-state index in [1.807, 2.05) is 0 Å². The van der Waals surface area contributed by atoms with E-state index in [0.29, 0.717) is 40.3 Å². The molecule has 32 heavy (non-hydrogen) atoms. The van der Waals surface area contributed by atoms with Crippen LogP contribution in [0.4, 0.5) is 11.6 Å². The number of aromatic nitrogens is 1. The normalized spacial score (nSPS) is 19.3. The highest BCUT2D eigenvalue weighted by Crippen LogP contribution is 2.38. The van der Waals surface area contributed by atoms with Gasteiger partial charge in [0.15, 0.2) is 5.82 Å². The van der Waals surface area contributed by atoms with E-state index in [0.717, 1.165) is 31.3 Å². The van der Waals surface area contributed by atoms with Gasteiger partial charge in [0, 0.05) is 43.0 Å². The molecule has 1 saturated heterocycles. The molecule has 1 aliphatic rings. The lowest BCUT2D eigenvalue weighted by Gasteiger charge is -2.33. The van der Waals surface area contributed by atoms with Crippen molar-refractivity contribution in [3.8, 4) is 0 Å². The fraction of sp³-hybridized carbons (Fsp3) is 0.478. The number of nitrogens with one attached hydrogen (secondary N) is 1. The maximum Gasteiger partial charge on any atom is 0.265 e. The number of carbonyl (C=O) groups excluding carboxylic acids is 1. The van der Waals surface area contributed by atoms with Crippen molar-refractivity contribution < 1.29 is 4.79 Å². The number of rotatable bonds is 9. The summed E-state index contributed by atoms with van der Waals surface area (Å²) in [5, 5.41) is 0. The molecule has 0 aliphatic carbocycles. The molecular weight excluding hydrogens is 422 g/mol. The molecule has 5 N–H and O–H groups in total. The summed E-state index contributed by atoms with van der Waals surface area (Å²) in [5.41, 5.74) is 12.4. The smallest absolute Gasteiger partial charge is 0.265 e. The van der Waals surface area contributed by atoms with Crippen molar-refractivity contribution in [1.29, 1.82) is 0 Å². The Morgan fingerprint density at radius 3 is 2.78 bits per heavy atom. The Hall–Kier alpha value is -2.81. The van der Waals surface area contributed by atoms with Gasteiger partial charge >= 0.3 is 0 Å². The lowest BCUT2D eigenvalue weighted by atomic mass is 9.97. The molecule has 0 spiro atoms. The molecule has 1 atom stereocenters. The van der Waals surface area contributed by atoms with Crippen molar-refractivity contribution in [3.05, 3.63) is 40.6 Å². The van der Waals surface area contributed by atoms with Gasteiger partial charge in [0.25, 0.3) is 5.91 Å². The fourth-order valence-electron chi connectivity index (χ4n) is 3.63. The second-order valence-corrected chi connectivity index (χ2v) is 9.48. The maximum absolute atomic E-state index is 13.1. The highest BCUT2D eigenvalue weighted by atomic mass is 32.2. The van der Waals surface area contributed by atoms with Crippen molar-refractivity contribution in [1.82, 2.24) is 9.71 Å². The molecule has 0 radical (unpaired) electrons. The highest BCUT2D eigenvalue weighted by molar-refractivity contribution is 8.02. The number of nitrogens with two attached hydrogens (primary N) is 2. The zero-order valence-electron chi connectivity index (χ0n) is 19.6. The Balaban J connectivity index is 2.33. The summed E-state index contributed by atoms with van der Waals surface area (Å²) in [5.74, 6) is 1.39. The number of hydrogen-bond acceptors (Lipinski definition) is 8. The molecule has 1 amide bonds. The summed E-state index contributed by atoms with van der Waals surface area (Å²) in [6.45, 7) is 11.9. The molecule has 8 nitrogen and oxygen atoms in total. The van der Waals surface area contributed by atoms with Crippen LogP contribution in [0.5, 0.6) is 0 Å². The number of pyridine rings is 1. The average Bonchev–Trinajstić information content (AvgIpc) is 3.01. The van der Waals surface area contributed by atoms with E-state index in [2.05, 4.69) is 47.3 Å². The van der Waals surface area contributed by atoms with Crippen molar-refractivity contribution in [2.45, 2.75) is 53.0 Å². The van der Waals surface area contributed by atoms with Crippen LogP contribution in [0.3, 0.4) is 0 Å². The zero-order valence-corrected chi connectivity index (χ0v) is 20.4. The first kappa shape index (κ1) is 25.5. The number of aliphatic imine (C=N–C) groups is 2. The third-order valence-electron chi connectivity index (χ3n) is 4.97. The first-order valence-electron chi connectivity index (χ1n) is 10.8. The summed E-state index contributed by atoms with van der Waals surface area (Å²) >= 11 is 1.14. The highest BCUT2D eigenvalue weighted by Gasteiger charge is 2.39. The SMILES string of the molecule is CCCN=C/C(=C\N)SNC(=O)c1ccc(N=C/C=C(/C)N)nc1N1CC(C)CC1(C)C. The molecule has 0 bridgehead atoms. The second-order valence-electron chi connectivity index (χ2n) is 8.60. The minimum Gasteiger partial charge on any atom is -0.404 e. The van der Waals surface area contributed by atoms with Crippen molar-refractivity contribution in [2.75, 3.05) is 18.0 Å². The Labute approximate surface area is 195 Å². The molecule has 2 heterocycles. The van der Waals surface area contributed by atoms with Crippen molar-refractivity contribution >= 4 is 41.9 Å². The van der Waals surface area contributed by atoms with Crippen LogP contribution in [0.25, 0.3) is 0 Å². The Morgan fingerprint density at radius 1 is 1.44 bits per heavy atom. The van der Waals surface area contributed by atoms with E-state index in [9.17, 15) is 4.79 Å². The number of allylic oxidation sites excluding steroid dienone is 3. The molecule has 0 aromatic carbocycles. The summed E-state index contributed by atoms with van der Waals surface area (Å²) in [6.07, 6.45) is 8.38. The van der Waals surface area contributed by atoms with Crippen LogP contribution in [0.1, 0.15) is 57.8 Å². The summed E-state index contributed by atoms with van der Waals surface area (Å²) in [7, 11) is 0. The van der Waals surface area contributed by atoms with E-state index in [1.165, 1.54) is 6.20 Å². The standard InChI is InChI=1S/C23H35N7OS/c1-6-10-26-14-18(13-24)32-29-22(31)19-7-8-20(27-11-9-17(3)25)28-21(19)30-15-16(2)12-23(30,4)5/h7-9,11,13-14,16H,6,10,12,15,24-25H2,1-5H3,(H,29,31)/b17-9-,18-13+,26-14?,27-11?. The Kier molecular flexibility index (Phi) is 9.31. The van der Waals surface area contributed by atoms with E-state index >= 15 is 0 Å². The fourth-order valence-corrected chi connectivity index (χ4v) is 4.15. The Morgan fingerprint density at radius 2 is 2.19 bits per heavy atom. The molecule has 9 heteroatoms. The minimum atomic E-state index is -0.246. The molecule has 1 fully saturated rings. The lowest BCUT2D eigenvalue weighted by Crippen LogP contribution is -2.40. The van der Waals surface area contributed by atoms with Gasteiger partial charge in [0.2, 0.25) is 0 Å². The summed E-state index contributed by atoms with van der Waals surface area (Å²) in [4.78, 5) is 29.4. The monoisotopic (exact) mass is 457 g/mol. The number of carbonyl (C=O) groups is 1. The van der Waals surface area contributed by atoms with E-state index in [4.69, 9.17) is 16.5 Å². The Bertz CT molecular complexity index is 917. The van der Waals surface area contributed by atoms with Crippen LogP contribution >= 0.6 is 11.9 Å². The van der Waals surface area contributed by atoms with Crippen LogP contribution in [-0.4, -0.2) is 41.9 Å². The van der Waals surface area contributed by atoms with Gasteiger partial charge in [-0.15, -0.1) is 0 Å². The van der Waals surface area contributed by atoms with Gasteiger partial charge in [-0.05, 0) is 69.7 Å².